The van der Waals surface area contributed by atoms with Gasteiger partial charge in [0.1, 0.15) is 11.1 Å². The second-order valence-corrected chi connectivity index (χ2v) is 11.5. The van der Waals surface area contributed by atoms with Gasteiger partial charge in [0.2, 0.25) is 5.95 Å². The molecule has 210 valence electrons. The van der Waals surface area contributed by atoms with Crippen molar-refractivity contribution < 1.29 is 13.5 Å². The first-order valence-corrected chi connectivity index (χ1v) is 15.3. The second-order valence-electron chi connectivity index (χ2n) is 10.1. The fourth-order valence-corrected chi connectivity index (χ4v) is 6.26. The van der Waals surface area contributed by atoms with Gasteiger partial charge in [0.05, 0.1) is 22.8 Å². The summed E-state index contributed by atoms with van der Waals surface area (Å²) in [5.41, 5.74) is 1.66. The van der Waals surface area contributed by atoms with Crippen molar-refractivity contribution in [2.24, 2.45) is 0 Å². The molecule has 2 aromatic rings. The molecule has 2 saturated heterocycles. The predicted molar refractivity (Wildman–Crippen MR) is 156 cm³/mol. The maximum atomic E-state index is 11.7. The first-order chi connectivity index (χ1) is 19.0. The fourth-order valence-electron chi connectivity index (χ4n) is 5.62. The third kappa shape index (κ3) is 6.99. The highest BCUT2D eigenvalue weighted by molar-refractivity contribution is 7.79. The van der Waals surface area contributed by atoms with E-state index >= 15 is 0 Å². The average molecular weight is 573 g/mol. The number of halogens is 1. The Bertz CT molecular complexity index is 1210. The molecule has 11 heteroatoms. The van der Waals surface area contributed by atoms with Crippen LogP contribution in [0.3, 0.4) is 0 Å². The van der Waals surface area contributed by atoms with E-state index < -0.39 is 11.1 Å². The Morgan fingerprint density at radius 3 is 2.67 bits per heavy atom. The number of aromatic nitrogens is 2. The number of para-hydroxylation sites is 1. The van der Waals surface area contributed by atoms with Gasteiger partial charge in [-0.2, -0.15) is 4.98 Å². The average Bonchev–Trinajstić information content (AvgIpc) is 2.96. The standard InChI is InChI=1S/C28H37ClN6O3S/c1-2-38-25-18-21(35-16-12-20(13-17-35)34-14-6-3-7-15-34)10-11-23(25)32-28-30-19-22(29)27(33-28)31-24-8-4-5-9-26(24)39(36)37/h4-5,8-11,18-20,23,25H,2-3,6-7,12-17H2,1H3,(H,36,37)(H2,30,31,32,33). The van der Waals surface area contributed by atoms with Gasteiger partial charge >= 0.3 is 0 Å². The summed E-state index contributed by atoms with van der Waals surface area (Å²) in [7, 11) is 0. The van der Waals surface area contributed by atoms with Gasteiger partial charge in [-0.05, 0) is 70.0 Å². The fraction of sp³-hybridized carbons (Fsp3) is 0.500. The molecule has 3 unspecified atom stereocenters. The molecule has 0 bridgehead atoms. The summed E-state index contributed by atoms with van der Waals surface area (Å²) in [5.74, 6) is 0.718. The van der Waals surface area contributed by atoms with Crippen LogP contribution >= 0.6 is 11.6 Å². The van der Waals surface area contributed by atoms with Crippen molar-refractivity contribution in [3.8, 4) is 0 Å². The van der Waals surface area contributed by atoms with Gasteiger partial charge in [0.25, 0.3) is 0 Å². The molecule has 3 N–H and O–H groups in total. The number of nitrogens with one attached hydrogen (secondary N) is 2. The number of allylic oxidation sites excluding steroid dienone is 1. The summed E-state index contributed by atoms with van der Waals surface area (Å²) in [5, 5.41) is 6.73. The Hall–Kier alpha value is -2.50. The molecule has 1 aromatic heterocycles. The van der Waals surface area contributed by atoms with Gasteiger partial charge in [0, 0.05) is 31.4 Å². The summed E-state index contributed by atoms with van der Waals surface area (Å²) in [6, 6.07) is 7.29. The SMILES string of the molecule is CCOC1C=C(N2CCC(N3CCCCC3)CC2)C=CC1Nc1ncc(Cl)c(Nc2ccccc2S(=O)O)n1. The molecular weight excluding hydrogens is 536 g/mol. The number of likely N-dealkylation sites (tertiary alicyclic amines) is 2. The maximum Gasteiger partial charge on any atom is 0.225 e. The lowest BCUT2D eigenvalue weighted by Crippen LogP contribution is -2.47. The highest BCUT2D eigenvalue weighted by atomic mass is 35.5. The third-order valence-electron chi connectivity index (χ3n) is 7.63. The molecule has 2 aliphatic heterocycles. The second kappa shape index (κ2) is 13.2. The molecule has 0 amide bonds. The molecule has 0 radical (unpaired) electrons. The van der Waals surface area contributed by atoms with E-state index in [1.807, 2.05) is 6.92 Å². The summed E-state index contributed by atoms with van der Waals surface area (Å²) >= 11 is 4.20. The Morgan fingerprint density at radius 1 is 1.15 bits per heavy atom. The number of hydrogen-bond donors (Lipinski definition) is 3. The van der Waals surface area contributed by atoms with Crippen LogP contribution in [0.5, 0.6) is 0 Å². The van der Waals surface area contributed by atoms with E-state index in [9.17, 15) is 8.76 Å². The zero-order valence-electron chi connectivity index (χ0n) is 22.3. The van der Waals surface area contributed by atoms with Crippen LogP contribution in [-0.4, -0.2) is 79.5 Å². The maximum absolute atomic E-state index is 11.7. The molecule has 1 aromatic carbocycles. The quantitative estimate of drug-likeness (QED) is 0.356. The number of anilines is 3. The monoisotopic (exact) mass is 572 g/mol. The minimum Gasteiger partial charge on any atom is -0.372 e. The number of benzene rings is 1. The molecule has 0 spiro atoms. The molecule has 9 nitrogen and oxygen atoms in total. The van der Waals surface area contributed by atoms with Crippen LogP contribution in [0.2, 0.25) is 5.02 Å². The Balaban J connectivity index is 1.24. The molecule has 3 aliphatic rings. The molecular formula is C28H37ClN6O3S. The molecule has 2 fully saturated rings. The van der Waals surface area contributed by atoms with Crippen LogP contribution in [0.15, 0.2) is 59.3 Å². The summed E-state index contributed by atoms with van der Waals surface area (Å²) in [4.78, 5) is 14.3. The van der Waals surface area contributed by atoms with E-state index in [0.29, 0.717) is 35.1 Å². The van der Waals surface area contributed by atoms with Gasteiger partial charge in [-0.25, -0.2) is 9.19 Å². The normalized spacial score (nSPS) is 23.4. The lowest BCUT2D eigenvalue weighted by atomic mass is 9.97. The van der Waals surface area contributed by atoms with Crippen molar-refractivity contribution in [1.82, 2.24) is 19.8 Å². The van der Waals surface area contributed by atoms with E-state index in [-0.39, 0.29) is 17.0 Å². The highest BCUT2D eigenvalue weighted by Crippen LogP contribution is 2.29. The molecule has 0 saturated carbocycles. The van der Waals surface area contributed by atoms with Crippen molar-refractivity contribution in [3.05, 3.63) is 59.4 Å². The van der Waals surface area contributed by atoms with Crippen molar-refractivity contribution in [1.29, 1.82) is 0 Å². The highest BCUT2D eigenvalue weighted by Gasteiger charge is 2.29. The van der Waals surface area contributed by atoms with E-state index in [0.717, 1.165) is 13.1 Å². The Kier molecular flexibility index (Phi) is 9.52. The van der Waals surface area contributed by atoms with Gasteiger partial charge < -0.3 is 29.7 Å². The number of rotatable bonds is 9. The van der Waals surface area contributed by atoms with Crippen LogP contribution in [0.25, 0.3) is 0 Å². The number of piperidine rings is 2. The molecule has 3 atom stereocenters. The van der Waals surface area contributed by atoms with Crippen LogP contribution in [0.4, 0.5) is 17.5 Å². The van der Waals surface area contributed by atoms with E-state index in [1.165, 1.54) is 57.1 Å². The lowest BCUT2D eigenvalue weighted by molar-refractivity contribution is 0.0844. The van der Waals surface area contributed by atoms with Gasteiger partial charge in [0.15, 0.2) is 16.9 Å². The number of nitrogens with zero attached hydrogens (tertiary/aromatic N) is 4. The summed E-state index contributed by atoms with van der Waals surface area (Å²) in [6.45, 7) is 7.21. The number of ether oxygens (including phenoxy) is 1. The van der Waals surface area contributed by atoms with E-state index in [2.05, 4.69) is 48.6 Å². The molecule has 5 rings (SSSR count). The van der Waals surface area contributed by atoms with Crippen molar-refractivity contribution >= 4 is 40.1 Å². The van der Waals surface area contributed by atoms with Crippen LogP contribution < -0.4 is 10.6 Å². The Labute approximate surface area is 238 Å². The van der Waals surface area contributed by atoms with Crippen molar-refractivity contribution in [3.63, 3.8) is 0 Å². The molecule has 39 heavy (non-hydrogen) atoms. The summed E-state index contributed by atoms with van der Waals surface area (Å²) < 4.78 is 27.4. The van der Waals surface area contributed by atoms with Gasteiger partial charge in [-0.1, -0.05) is 36.2 Å². The van der Waals surface area contributed by atoms with Crippen LogP contribution in [-0.2, 0) is 15.8 Å². The summed E-state index contributed by atoms with van der Waals surface area (Å²) in [6.07, 6.45) is 14.3. The zero-order chi connectivity index (χ0) is 27.2. The minimum absolute atomic E-state index is 0.161. The molecule has 3 heterocycles. The Morgan fingerprint density at radius 2 is 1.92 bits per heavy atom. The predicted octanol–water partition coefficient (Wildman–Crippen LogP) is 5.04. The zero-order valence-corrected chi connectivity index (χ0v) is 23.8. The van der Waals surface area contributed by atoms with E-state index in [4.69, 9.17) is 16.3 Å². The van der Waals surface area contributed by atoms with Gasteiger partial charge in [-0.15, -0.1) is 0 Å². The largest absolute Gasteiger partial charge is 0.372 e. The molecule has 1 aliphatic carbocycles. The number of hydrogen-bond acceptors (Lipinski definition) is 8. The van der Waals surface area contributed by atoms with Gasteiger partial charge in [-0.3, -0.25) is 0 Å². The van der Waals surface area contributed by atoms with Crippen molar-refractivity contribution in [2.75, 3.05) is 43.4 Å². The van der Waals surface area contributed by atoms with Crippen LogP contribution in [0, 0.1) is 0 Å². The van der Waals surface area contributed by atoms with Crippen molar-refractivity contribution in [2.45, 2.75) is 62.1 Å². The first-order valence-electron chi connectivity index (χ1n) is 13.8. The van der Waals surface area contributed by atoms with Crippen LogP contribution in [0.1, 0.15) is 39.0 Å². The smallest absolute Gasteiger partial charge is 0.225 e. The minimum atomic E-state index is -2.15. The van der Waals surface area contributed by atoms with E-state index in [1.54, 1.807) is 24.3 Å². The third-order valence-corrected chi connectivity index (χ3v) is 8.64. The first kappa shape index (κ1) is 28.0. The topological polar surface area (TPSA) is 103 Å². The lowest BCUT2D eigenvalue weighted by Gasteiger charge is -2.42.